The summed E-state index contributed by atoms with van der Waals surface area (Å²) in [6.07, 6.45) is 5.56. The fourth-order valence-corrected chi connectivity index (χ4v) is 1.73. The van der Waals surface area contributed by atoms with Crippen molar-refractivity contribution in [3.8, 4) is 0 Å². The van der Waals surface area contributed by atoms with Crippen LogP contribution in [-0.2, 0) is 13.5 Å². The molecule has 0 aromatic carbocycles. The Kier molecular flexibility index (Phi) is 3.27. The fourth-order valence-electron chi connectivity index (χ4n) is 1.73. The molecule has 3 heteroatoms. The van der Waals surface area contributed by atoms with E-state index in [0.717, 1.165) is 11.3 Å². The fraction of sp³-hybridized carbons (Fsp3) is 0.231. The smallest absolute Gasteiger partial charge is 0.210 e. The van der Waals surface area contributed by atoms with E-state index in [2.05, 4.69) is 4.98 Å². The summed E-state index contributed by atoms with van der Waals surface area (Å²) in [5.41, 5.74) is 2.01. The number of nitrogens with zero attached hydrogens (tertiary/aromatic N) is 2. The molecule has 0 saturated heterocycles. The summed E-state index contributed by atoms with van der Waals surface area (Å²) in [4.78, 5) is 3.96. The van der Waals surface area contributed by atoms with E-state index >= 15 is 0 Å². The highest BCUT2D eigenvalue weighted by atomic mass is 16.3. The first kappa shape index (κ1) is 10.8. The molecule has 1 atom stereocenters. The number of aliphatic hydroxyl groups is 1. The summed E-state index contributed by atoms with van der Waals surface area (Å²) in [6.45, 7) is 0. The minimum Gasteiger partial charge on any atom is -0.382 e. The van der Waals surface area contributed by atoms with Gasteiger partial charge in [-0.25, -0.2) is 4.57 Å². The Balaban J connectivity index is 2.15. The van der Waals surface area contributed by atoms with Gasteiger partial charge in [0.15, 0.2) is 6.20 Å². The van der Waals surface area contributed by atoms with Crippen molar-refractivity contribution in [3.05, 3.63) is 60.2 Å². The first-order valence-electron chi connectivity index (χ1n) is 5.29. The summed E-state index contributed by atoms with van der Waals surface area (Å²) >= 11 is 0. The van der Waals surface area contributed by atoms with Crippen LogP contribution < -0.4 is 4.57 Å². The third-order valence-corrected chi connectivity index (χ3v) is 2.61. The minimum atomic E-state index is -0.478. The van der Waals surface area contributed by atoms with Crippen molar-refractivity contribution in [1.82, 2.24) is 4.98 Å². The second-order valence-corrected chi connectivity index (χ2v) is 3.81. The third-order valence-electron chi connectivity index (χ3n) is 2.61. The average Bonchev–Trinajstić information content (AvgIpc) is 2.31. The van der Waals surface area contributed by atoms with Gasteiger partial charge in [0.1, 0.15) is 13.2 Å². The van der Waals surface area contributed by atoms with Crippen LogP contribution in [0.1, 0.15) is 17.4 Å². The van der Waals surface area contributed by atoms with Crippen LogP contribution in [0.4, 0.5) is 0 Å². The first-order valence-corrected chi connectivity index (χ1v) is 5.29. The number of aromatic nitrogens is 2. The predicted molar refractivity (Wildman–Crippen MR) is 60.5 cm³/mol. The quantitative estimate of drug-likeness (QED) is 0.781. The Morgan fingerprint density at radius 2 is 2.00 bits per heavy atom. The van der Waals surface area contributed by atoms with E-state index in [-0.39, 0.29) is 0 Å². The Morgan fingerprint density at radius 1 is 1.25 bits per heavy atom. The second kappa shape index (κ2) is 4.86. The van der Waals surface area contributed by atoms with Gasteiger partial charge < -0.3 is 5.11 Å². The maximum Gasteiger partial charge on any atom is 0.210 e. The van der Waals surface area contributed by atoms with Crippen LogP contribution >= 0.6 is 0 Å². The molecule has 2 rings (SSSR count). The van der Waals surface area contributed by atoms with Gasteiger partial charge in [-0.05, 0) is 17.7 Å². The Bertz CT molecular complexity index is 456. The molecule has 0 bridgehead atoms. The summed E-state index contributed by atoms with van der Waals surface area (Å²) in [7, 11) is 1.94. The Labute approximate surface area is 95.0 Å². The zero-order valence-corrected chi connectivity index (χ0v) is 9.24. The van der Waals surface area contributed by atoms with Gasteiger partial charge in [0.2, 0.25) is 5.69 Å². The molecule has 1 N–H and O–H groups in total. The van der Waals surface area contributed by atoms with Crippen LogP contribution in [0.2, 0.25) is 0 Å². The summed E-state index contributed by atoms with van der Waals surface area (Å²) in [5.74, 6) is 0. The third kappa shape index (κ3) is 2.44. The number of pyridine rings is 2. The van der Waals surface area contributed by atoms with Gasteiger partial charge in [0, 0.05) is 30.9 Å². The standard InChI is InChI=1S/C13H15N2O/c1-15-9-3-2-4-12(15)13(16)10-11-5-7-14-8-6-11/h2-9,13,16H,10H2,1H3/q+1/t13-/m1/s1. The van der Waals surface area contributed by atoms with Crippen LogP contribution in [0, 0.1) is 0 Å². The minimum absolute atomic E-state index is 0.478. The number of aryl methyl sites for hydroxylation is 1. The van der Waals surface area contributed by atoms with Gasteiger partial charge in [-0.15, -0.1) is 0 Å². The van der Waals surface area contributed by atoms with Gasteiger partial charge in [-0.3, -0.25) is 4.98 Å². The van der Waals surface area contributed by atoms with E-state index in [4.69, 9.17) is 0 Å². The predicted octanol–water partition coefficient (Wildman–Crippen LogP) is 1.18. The summed E-state index contributed by atoms with van der Waals surface area (Å²) in [5, 5.41) is 10.1. The van der Waals surface area contributed by atoms with Gasteiger partial charge in [0.25, 0.3) is 0 Å². The molecule has 2 heterocycles. The zero-order chi connectivity index (χ0) is 11.4. The zero-order valence-electron chi connectivity index (χ0n) is 9.24. The second-order valence-electron chi connectivity index (χ2n) is 3.81. The largest absolute Gasteiger partial charge is 0.382 e. The van der Waals surface area contributed by atoms with Gasteiger partial charge >= 0.3 is 0 Å². The maximum absolute atomic E-state index is 10.1. The van der Waals surface area contributed by atoms with Gasteiger partial charge in [-0.2, -0.15) is 0 Å². The van der Waals surface area contributed by atoms with Crippen molar-refractivity contribution in [2.24, 2.45) is 7.05 Å². The number of hydrogen-bond acceptors (Lipinski definition) is 2. The normalized spacial score (nSPS) is 12.4. The highest BCUT2D eigenvalue weighted by Gasteiger charge is 2.16. The monoisotopic (exact) mass is 215 g/mol. The molecule has 0 radical (unpaired) electrons. The van der Waals surface area contributed by atoms with Crippen molar-refractivity contribution in [3.63, 3.8) is 0 Å². The number of aliphatic hydroxyl groups excluding tert-OH is 1. The highest BCUT2D eigenvalue weighted by Crippen LogP contribution is 2.13. The van der Waals surface area contributed by atoms with Crippen LogP contribution in [0.25, 0.3) is 0 Å². The molecule has 0 amide bonds. The Hall–Kier alpha value is -1.74. The molecular formula is C13H15N2O+. The molecule has 82 valence electrons. The number of rotatable bonds is 3. The van der Waals surface area contributed by atoms with Crippen LogP contribution in [0.15, 0.2) is 48.9 Å². The Morgan fingerprint density at radius 3 is 2.69 bits per heavy atom. The average molecular weight is 215 g/mol. The maximum atomic E-state index is 10.1. The first-order chi connectivity index (χ1) is 7.77. The van der Waals surface area contributed by atoms with Crippen molar-refractivity contribution >= 4 is 0 Å². The van der Waals surface area contributed by atoms with E-state index in [9.17, 15) is 5.11 Å². The molecule has 0 aliphatic rings. The van der Waals surface area contributed by atoms with Crippen molar-refractivity contribution in [1.29, 1.82) is 0 Å². The van der Waals surface area contributed by atoms with Crippen LogP contribution in [-0.4, -0.2) is 10.1 Å². The molecule has 0 saturated carbocycles. The van der Waals surface area contributed by atoms with Crippen molar-refractivity contribution in [2.75, 3.05) is 0 Å². The molecule has 16 heavy (non-hydrogen) atoms. The van der Waals surface area contributed by atoms with Crippen LogP contribution in [0.5, 0.6) is 0 Å². The summed E-state index contributed by atoms with van der Waals surface area (Å²) < 4.78 is 1.94. The van der Waals surface area contributed by atoms with Crippen molar-refractivity contribution < 1.29 is 9.67 Å². The van der Waals surface area contributed by atoms with E-state index < -0.39 is 6.10 Å². The SMILES string of the molecule is C[n+]1ccccc1[C@H](O)Cc1ccncc1. The lowest BCUT2D eigenvalue weighted by Gasteiger charge is -2.08. The lowest BCUT2D eigenvalue weighted by Crippen LogP contribution is -2.34. The highest BCUT2D eigenvalue weighted by molar-refractivity contribution is 5.13. The van der Waals surface area contributed by atoms with Crippen molar-refractivity contribution in [2.45, 2.75) is 12.5 Å². The molecule has 0 aliphatic carbocycles. The lowest BCUT2D eigenvalue weighted by molar-refractivity contribution is -0.683. The molecule has 0 fully saturated rings. The molecular weight excluding hydrogens is 200 g/mol. The molecule has 0 aliphatic heterocycles. The van der Waals surface area contributed by atoms with Crippen LogP contribution in [0.3, 0.4) is 0 Å². The molecule has 0 unspecified atom stereocenters. The molecule has 0 spiro atoms. The van der Waals surface area contributed by atoms with E-state index in [0.29, 0.717) is 6.42 Å². The van der Waals surface area contributed by atoms with Gasteiger partial charge in [-0.1, -0.05) is 6.07 Å². The van der Waals surface area contributed by atoms with E-state index in [1.165, 1.54) is 0 Å². The topological polar surface area (TPSA) is 37.0 Å². The number of hydrogen-bond donors (Lipinski definition) is 1. The summed E-state index contributed by atoms with van der Waals surface area (Å²) in [6, 6.07) is 9.66. The molecule has 2 aromatic heterocycles. The van der Waals surface area contributed by atoms with E-state index in [1.54, 1.807) is 12.4 Å². The van der Waals surface area contributed by atoms with E-state index in [1.807, 2.05) is 48.1 Å². The molecule has 2 aromatic rings. The molecule has 3 nitrogen and oxygen atoms in total. The van der Waals surface area contributed by atoms with Gasteiger partial charge in [0.05, 0.1) is 0 Å². The lowest BCUT2D eigenvalue weighted by atomic mass is 10.1.